The van der Waals surface area contributed by atoms with E-state index in [0.29, 0.717) is 17.4 Å². The summed E-state index contributed by atoms with van der Waals surface area (Å²) >= 11 is 0. The van der Waals surface area contributed by atoms with Crippen molar-refractivity contribution in [1.82, 2.24) is 10.6 Å². The molecule has 0 bridgehead atoms. The minimum atomic E-state index is -4.97. The van der Waals surface area contributed by atoms with E-state index in [-0.39, 0.29) is 13.0 Å². The summed E-state index contributed by atoms with van der Waals surface area (Å²) in [5.74, 6) is -2.97. The lowest BCUT2D eigenvalue weighted by Gasteiger charge is -2.38. The van der Waals surface area contributed by atoms with E-state index in [0.717, 1.165) is 5.39 Å². The maximum absolute atomic E-state index is 13.8. The zero-order chi connectivity index (χ0) is 27.8. The number of aliphatic hydroxyl groups excluding tert-OH is 1. The first-order valence-corrected chi connectivity index (χ1v) is 12.3. The number of rotatable bonds is 9. The Kier molecular flexibility index (Phi) is 8.16. The zero-order valence-corrected chi connectivity index (χ0v) is 21.4. The average Bonchev–Trinajstić information content (AvgIpc) is 3.35. The molecule has 1 aliphatic rings. The molecule has 2 aromatic rings. The summed E-state index contributed by atoms with van der Waals surface area (Å²) in [6.07, 6.45) is -7.39. The Balaban J connectivity index is 1.93. The van der Waals surface area contributed by atoms with Gasteiger partial charge in [-0.2, -0.15) is 13.2 Å². The Morgan fingerprint density at radius 1 is 1.08 bits per heavy atom. The van der Waals surface area contributed by atoms with Crippen LogP contribution in [0.4, 0.5) is 13.2 Å². The number of hydrogen-bond donors (Lipinski definition) is 4. The first-order chi connectivity index (χ1) is 17.1. The molecule has 1 saturated heterocycles. The number of benzene rings is 2. The molecule has 0 aliphatic carbocycles. The lowest BCUT2D eigenvalue weighted by Crippen LogP contribution is -2.68. The number of hydrogen-bond acceptors (Lipinski definition) is 6. The van der Waals surface area contributed by atoms with Gasteiger partial charge in [-0.15, -0.1) is 0 Å². The van der Waals surface area contributed by atoms with Crippen molar-refractivity contribution in [3.63, 3.8) is 0 Å². The SMILES string of the molecule is CC(C)C(NC(=O)[C@@]1(C(=O)[C@@H](N)C(C)(C)C(=O)c2cccc3ccccc23)CCCN1)C(O)C(F)(F)F. The molecule has 37 heavy (non-hydrogen) atoms. The monoisotopic (exact) mass is 521 g/mol. The number of aliphatic hydroxyl groups is 1. The van der Waals surface area contributed by atoms with Crippen molar-refractivity contribution in [1.29, 1.82) is 0 Å². The van der Waals surface area contributed by atoms with Crippen LogP contribution >= 0.6 is 0 Å². The number of nitrogens with two attached hydrogens (primary N) is 1. The van der Waals surface area contributed by atoms with E-state index in [1.54, 1.807) is 24.3 Å². The quantitative estimate of drug-likeness (QED) is 0.297. The highest BCUT2D eigenvalue weighted by Crippen LogP contribution is 2.34. The molecule has 2 aromatic carbocycles. The molecular formula is C27H34F3N3O4. The average molecular weight is 522 g/mol. The second-order valence-corrected chi connectivity index (χ2v) is 10.6. The van der Waals surface area contributed by atoms with Crippen LogP contribution in [0.2, 0.25) is 0 Å². The lowest BCUT2D eigenvalue weighted by atomic mass is 9.71. The number of Topliss-reactive ketones (excluding diaryl/α,β-unsaturated/α-hetero) is 2. The van der Waals surface area contributed by atoms with Crippen LogP contribution in [-0.4, -0.2) is 59.0 Å². The molecule has 0 saturated carbocycles. The lowest BCUT2D eigenvalue weighted by molar-refractivity contribution is -0.215. The van der Waals surface area contributed by atoms with E-state index in [1.165, 1.54) is 27.7 Å². The standard InChI is InChI=1S/C27H34F3N3O4/c1-15(2)19(22(35)27(28,29)30)33-24(37)26(13-8-14-32-26)23(36)20(31)25(3,4)21(34)18-12-7-10-16-9-5-6-11-17(16)18/h5-7,9-12,15,19-20,22,32,35H,8,13-14,31H2,1-4H3,(H,33,37)/t19?,20-,22?,26+/m1/s1. The number of ketones is 2. The van der Waals surface area contributed by atoms with E-state index in [1.807, 2.05) is 18.2 Å². The van der Waals surface area contributed by atoms with Crippen LogP contribution in [0.25, 0.3) is 10.8 Å². The Morgan fingerprint density at radius 3 is 2.27 bits per heavy atom. The van der Waals surface area contributed by atoms with Crippen molar-refractivity contribution in [2.45, 2.75) is 70.4 Å². The molecule has 0 aromatic heterocycles. The van der Waals surface area contributed by atoms with Gasteiger partial charge >= 0.3 is 6.18 Å². The van der Waals surface area contributed by atoms with Crippen LogP contribution in [0.3, 0.4) is 0 Å². The smallest absolute Gasteiger partial charge is 0.382 e. The van der Waals surface area contributed by atoms with Crippen molar-refractivity contribution in [3.8, 4) is 0 Å². The Hall–Kier alpha value is -2.82. The highest BCUT2D eigenvalue weighted by atomic mass is 19.4. The number of nitrogens with one attached hydrogen (secondary N) is 2. The summed E-state index contributed by atoms with van der Waals surface area (Å²) in [4.78, 5) is 40.8. The predicted octanol–water partition coefficient (Wildman–Crippen LogP) is 3.13. The van der Waals surface area contributed by atoms with Crippen molar-refractivity contribution in [2.24, 2.45) is 17.1 Å². The van der Waals surface area contributed by atoms with Crippen LogP contribution in [0.15, 0.2) is 42.5 Å². The number of amides is 1. The van der Waals surface area contributed by atoms with E-state index in [4.69, 9.17) is 5.73 Å². The molecule has 202 valence electrons. The highest BCUT2D eigenvalue weighted by Gasteiger charge is 2.55. The number of alkyl halides is 3. The van der Waals surface area contributed by atoms with Crippen LogP contribution in [-0.2, 0) is 9.59 Å². The number of fused-ring (bicyclic) bond motifs is 1. The fourth-order valence-corrected chi connectivity index (χ4v) is 4.85. The van der Waals surface area contributed by atoms with Crippen molar-refractivity contribution in [2.75, 3.05) is 6.54 Å². The molecule has 0 radical (unpaired) electrons. The van der Waals surface area contributed by atoms with Crippen LogP contribution < -0.4 is 16.4 Å². The second-order valence-electron chi connectivity index (χ2n) is 10.6. The van der Waals surface area contributed by atoms with Crippen molar-refractivity contribution >= 4 is 28.2 Å². The Morgan fingerprint density at radius 2 is 1.70 bits per heavy atom. The number of halogens is 3. The molecule has 1 heterocycles. The highest BCUT2D eigenvalue weighted by molar-refractivity contribution is 6.17. The van der Waals surface area contributed by atoms with Gasteiger partial charge in [0, 0.05) is 5.56 Å². The molecule has 1 aliphatic heterocycles. The topological polar surface area (TPSA) is 122 Å². The predicted molar refractivity (Wildman–Crippen MR) is 134 cm³/mol. The first kappa shape index (κ1) is 28.7. The molecule has 0 spiro atoms. The summed E-state index contributed by atoms with van der Waals surface area (Å²) in [6, 6.07) is 9.37. The van der Waals surface area contributed by atoms with Crippen LogP contribution in [0.5, 0.6) is 0 Å². The molecule has 10 heteroatoms. The maximum Gasteiger partial charge on any atom is 0.416 e. The minimum Gasteiger partial charge on any atom is -0.382 e. The molecule has 1 fully saturated rings. The number of carbonyl (C=O) groups excluding carboxylic acids is 3. The van der Waals surface area contributed by atoms with Crippen LogP contribution in [0.1, 0.15) is 50.9 Å². The van der Waals surface area contributed by atoms with Gasteiger partial charge in [-0.3, -0.25) is 19.7 Å². The summed E-state index contributed by atoms with van der Waals surface area (Å²) in [5.41, 5.74) is 3.39. The van der Waals surface area contributed by atoms with Crippen molar-refractivity contribution in [3.05, 3.63) is 48.0 Å². The van der Waals surface area contributed by atoms with Gasteiger partial charge in [-0.25, -0.2) is 0 Å². The van der Waals surface area contributed by atoms with Gasteiger partial charge in [0.05, 0.1) is 17.5 Å². The van der Waals surface area contributed by atoms with Crippen LogP contribution in [0, 0.1) is 11.3 Å². The van der Waals surface area contributed by atoms with Gasteiger partial charge < -0.3 is 16.2 Å². The van der Waals surface area contributed by atoms with Crippen molar-refractivity contribution < 1.29 is 32.7 Å². The molecule has 7 nitrogen and oxygen atoms in total. The second kappa shape index (κ2) is 10.5. The maximum atomic E-state index is 13.8. The first-order valence-electron chi connectivity index (χ1n) is 12.3. The third-order valence-corrected chi connectivity index (χ3v) is 7.33. The van der Waals surface area contributed by atoms with Gasteiger partial charge in [0.2, 0.25) is 5.91 Å². The molecule has 1 amide bonds. The molecular weight excluding hydrogens is 487 g/mol. The minimum absolute atomic E-state index is 0.00314. The van der Waals surface area contributed by atoms with Gasteiger partial charge in [0.15, 0.2) is 23.2 Å². The molecule has 3 rings (SSSR count). The van der Waals surface area contributed by atoms with Gasteiger partial charge in [0.25, 0.3) is 0 Å². The summed E-state index contributed by atoms with van der Waals surface area (Å²) in [6.45, 7) is 6.15. The normalized spacial score (nSPS) is 21.0. The third-order valence-electron chi connectivity index (χ3n) is 7.33. The van der Waals surface area contributed by atoms with E-state index >= 15 is 0 Å². The molecule has 2 unspecified atom stereocenters. The van der Waals surface area contributed by atoms with E-state index in [9.17, 15) is 32.7 Å². The largest absolute Gasteiger partial charge is 0.416 e. The van der Waals surface area contributed by atoms with Gasteiger partial charge in [-0.05, 0) is 36.1 Å². The van der Waals surface area contributed by atoms with Gasteiger partial charge in [0.1, 0.15) is 0 Å². The summed E-state index contributed by atoms with van der Waals surface area (Å²) in [7, 11) is 0. The van der Waals surface area contributed by atoms with Gasteiger partial charge in [-0.1, -0.05) is 70.2 Å². The number of carbonyl (C=O) groups is 3. The third kappa shape index (κ3) is 5.42. The Labute approximate surface area is 214 Å². The summed E-state index contributed by atoms with van der Waals surface area (Å²) in [5, 5.41) is 16.4. The van der Waals surface area contributed by atoms with E-state index in [2.05, 4.69) is 10.6 Å². The Bertz CT molecular complexity index is 1170. The summed E-state index contributed by atoms with van der Waals surface area (Å²) < 4.78 is 39.7. The van der Waals surface area contributed by atoms with E-state index < -0.39 is 58.7 Å². The molecule has 5 N–H and O–H groups in total. The molecule has 4 atom stereocenters. The zero-order valence-electron chi connectivity index (χ0n) is 21.4. The fourth-order valence-electron chi connectivity index (χ4n) is 4.85. The fraction of sp³-hybridized carbons (Fsp3) is 0.519.